The SMILES string of the molecule is C[C@@H](CN=C(NS(=O)(=O)c1ccc(C(F)(F)F)cc1)N1CC(c2ccccc2)C(c2ccc(Cl)cc2)=N1)S(N)(=O)=O. The monoisotopic (exact) mass is 627 g/mol. The molecule has 3 aromatic rings. The molecule has 2 atom stereocenters. The molecule has 3 aromatic carbocycles. The van der Waals surface area contributed by atoms with Crippen molar-refractivity contribution in [1.29, 1.82) is 0 Å². The lowest BCUT2D eigenvalue weighted by molar-refractivity contribution is -0.137. The normalized spacial score (nSPS) is 17.3. The molecule has 0 saturated carbocycles. The van der Waals surface area contributed by atoms with Crippen LogP contribution < -0.4 is 9.86 Å². The molecule has 0 saturated heterocycles. The first kappa shape index (κ1) is 30.5. The number of halogens is 4. The molecule has 0 amide bonds. The second kappa shape index (κ2) is 11.8. The van der Waals surface area contributed by atoms with Crippen LogP contribution in [0.2, 0.25) is 5.02 Å². The summed E-state index contributed by atoms with van der Waals surface area (Å²) in [7, 11) is -8.48. The van der Waals surface area contributed by atoms with E-state index in [4.69, 9.17) is 16.7 Å². The molecule has 1 aliphatic rings. The highest BCUT2D eigenvalue weighted by molar-refractivity contribution is 7.90. The summed E-state index contributed by atoms with van der Waals surface area (Å²) in [5.74, 6) is -0.681. The van der Waals surface area contributed by atoms with Crippen LogP contribution in [0.3, 0.4) is 0 Å². The van der Waals surface area contributed by atoms with Crippen molar-refractivity contribution in [2.24, 2.45) is 15.2 Å². The van der Waals surface area contributed by atoms with Gasteiger partial charge in [0.25, 0.3) is 10.0 Å². The lowest BCUT2D eigenvalue weighted by Crippen LogP contribution is -2.42. The number of hydrogen-bond acceptors (Lipinski definition) is 6. The van der Waals surface area contributed by atoms with Crippen LogP contribution in [0.15, 0.2) is 93.9 Å². The van der Waals surface area contributed by atoms with E-state index in [9.17, 15) is 30.0 Å². The summed E-state index contributed by atoms with van der Waals surface area (Å²) < 4.78 is 91.4. The van der Waals surface area contributed by atoms with Gasteiger partial charge >= 0.3 is 6.18 Å². The van der Waals surface area contributed by atoms with Gasteiger partial charge in [0.05, 0.1) is 34.5 Å². The molecule has 41 heavy (non-hydrogen) atoms. The van der Waals surface area contributed by atoms with Crippen LogP contribution in [0.25, 0.3) is 0 Å². The van der Waals surface area contributed by atoms with Gasteiger partial charge in [0.1, 0.15) is 0 Å². The number of nitrogens with one attached hydrogen (secondary N) is 1. The molecule has 1 aliphatic heterocycles. The highest BCUT2D eigenvalue weighted by Crippen LogP contribution is 2.31. The first-order chi connectivity index (χ1) is 19.1. The third kappa shape index (κ3) is 7.44. The van der Waals surface area contributed by atoms with Gasteiger partial charge in [-0.3, -0.25) is 0 Å². The van der Waals surface area contributed by atoms with Crippen molar-refractivity contribution in [1.82, 2.24) is 9.73 Å². The molecule has 1 heterocycles. The Bertz CT molecular complexity index is 1660. The standard InChI is InChI=1S/C26H25ClF3N5O4S2/c1-17(40(31,36)37)15-32-25(34-41(38,39)22-13-9-20(10-14-22)26(28,29)30)35-16-23(18-5-3-2-4-6-18)24(33-35)19-7-11-21(27)12-8-19/h2-14,17,23H,15-16H2,1H3,(H,32,34)(H2,31,36,37)/t17-,23?/m0/s1. The summed E-state index contributed by atoms with van der Waals surface area (Å²) in [4.78, 5) is 3.74. The molecule has 0 spiro atoms. The van der Waals surface area contributed by atoms with E-state index in [2.05, 4.69) is 14.8 Å². The first-order valence-corrected chi connectivity index (χ1v) is 15.6. The van der Waals surface area contributed by atoms with Gasteiger partial charge in [-0.25, -0.2) is 36.7 Å². The van der Waals surface area contributed by atoms with E-state index in [1.54, 1.807) is 24.3 Å². The molecule has 0 fully saturated rings. The maximum absolute atomic E-state index is 13.2. The van der Waals surface area contributed by atoms with Crippen LogP contribution >= 0.6 is 11.6 Å². The average molecular weight is 628 g/mol. The minimum atomic E-state index is -4.65. The Morgan fingerprint density at radius 1 is 1.05 bits per heavy atom. The number of primary sulfonamides is 1. The van der Waals surface area contributed by atoms with Crippen molar-refractivity contribution in [3.63, 3.8) is 0 Å². The van der Waals surface area contributed by atoms with Gasteiger partial charge in [-0.15, -0.1) is 0 Å². The van der Waals surface area contributed by atoms with Crippen molar-refractivity contribution >= 4 is 43.3 Å². The van der Waals surface area contributed by atoms with Crippen LogP contribution in [-0.4, -0.2) is 51.9 Å². The third-order valence-corrected chi connectivity index (χ3v) is 9.14. The predicted octanol–water partition coefficient (Wildman–Crippen LogP) is 4.17. The van der Waals surface area contributed by atoms with Crippen LogP contribution in [0.4, 0.5) is 13.2 Å². The van der Waals surface area contributed by atoms with Gasteiger partial charge in [0, 0.05) is 10.9 Å². The average Bonchev–Trinajstić information content (AvgIpc) is 3.36. The maximum atomic E-state index is 13.2. The zero-order valence-corrected chi connectivity index (χ0v) is 23.8. The van der Waals surface area contributed by atoms with E-state index in [0.29, 0.717) is 28.4 Å². The Hall–Kier alpha value is -3.46. The Morgan fingerprint density at radius 2 is 1.66 bits per heavy atom. The number of nitrogens with two attached hydrogens (primary N) is 1. The molecular formula is C26H25ClF3N5O4S2. The summed E-state index contributed by atoms with van der Waals surface area (Å²) in [5, 5.41) is 10.5. The fourth-order valence-electron chi connectivity index (χ4n) is 3.95. The van der Waals surface area contributed by atoms with Crippen LogP contribution in [0, 0.1) is 0 Å². The number of hydrazone groups is 1. The second-order valence-electron chi connectivity index (χ2n) is 9.23. The van der Waals surface area contributed by atoms with E-state index in [1.807, 2.05) is 30.3 Å². The van der Waals surface area contributed by atoms with Gasteiger partial charge < -0.3 is 0 Å². The number of nitrogens with zero attached hydrogens (tertiary/aromatic N) is 3. The maximum Gasteiger partial charge on any atom is 0.416 e. The number of aliphatic imine (C=N–C) groups is 1. The molecule has 218 valence electrons. The van der Waals surface area contributed by atoms with E-state index >= 15 is 0 Å². The molecule has 9 nitrogen and oxygen atoms in total. The van der Waals surface area contributed by atoms with Gasteiger partial charge in [0.15, 0.2) is 0 Å². The van der Waals surface area contributed by atoms with Crippen molar-refractivity contribution in [2.75, 3.05) is 13.1 Å². The molecular weight excluding hydrogens is 603 g/mol. The summed E-state index contributed by atoms with van der Waals surface area (Å²) in [6.07, 6.45) is -4.65. The van der Waals surface area contributed by atoms with Gasteiger partial charge in [-0.1, -0.05) is 54.1 Å². The smallest absolute Gasteiger partial charge is 0.249 e. The molecule has 3 N–H and O–H groups in total. The Kier molecular flexibility index (Phi) is 8.78. The van der Waals surface area contributed by atoms with Gasteiger partial charge in [0.2, 0.25) is 16.0 Å². The third-order valence-electron chi connectivity index (χ3n) is 6.28. The summed E-state index contributed by atoms with van der Waals surface area (Å²) in [6.45, 7) is 1.00. The Morgan fingerprint density at radius 3 is 2.22 bits per heavy atom. The molecule has 0 radical (unpaired) electrons. The fourth-order valence-corrected chi connectivity index (χ4v) is 5.38. The summed E-state index contributed by atoms with van der Waals surface area (Å²) >= 11 is 6.06. The first-order valence-electron chi connectivity index (χ1n) is 12.1. The number of hydrogen-bond donors (Lipinski definition) is 2. The van der Waals surface area contributed by atoms with Crippen molar-refractivity contribution < 1.29 is 30.0 Å². The minimum Gasteiger partial charge on any atom is -0.249 e. The lowest BCUT2D eigenvalue weighted by Gasteiger charge is -2.20. The molecule has 15 heteroatoms. The van der Waals surface area contributed by atoms with Crippen molar-refractivity contribution in [3.05, 3.63) is 101 Å². The Labute approximate surface area is 240 Å². The number of alkyl halides is 3. The Balaban J connectivity index is 1.75. The van der Waals surface area contributed by atoms with Crippen molar-refractivity contribution in [3.8, 4) is 0 Å². The molecule has 0 aromatic heterocycles. The summed E-state index contributed by atoms with van der Waals surface area (Å²) in [5.41, 5.74) is 1.11. The molecule has 4 rings (SSSR count). The molecule has 1 unspecified atom stereocenters. The summed E-state index contributed by atoms with van der Waals surface area (Å²) in [6, 6.07) is 19.1. The van der Waals surface area contributed by atoms with E-state index < -0.39 is 48.5 Å². The van der Waals surface area contributed by atoms with Crippen molar-refractivity contribution in [2.45, 2.75) is 29.2 Å². The topological polar surface area (TPSA) is 134 Å². The molecule has 0 aliphatic carbocycles. The zero-order valence-electron chi connectivity index (χ0n) is 21.5. The van der Waals surface area contributed by atoms with Gasteiger partial charge in [-0.05, 0) is 54.4 Å². The van der Waals surface area contributed by atoms with Crippen LogP contribution in [0.5, 0.6) is 0 Å². The second-order valence-corrected chi connectivity index (χ2v) is 13.3. The van der Waals surface area contributed by atoms with Crippen LogP contribution in [-0.2, 0) is 26.2 Å². The highest BCUT2D eigenvalue weighted by Gasteiger charge is 2.34. The number of rotatable bonds is 7. The minimum absolute atomic E-state index is 0.111. The van der Waals surface area contributed by atoms with E-state index in [0.717, 1.165) is 17.7 Å². The van der Waals surface area contributed by atoms with Crippen LogP contribution in [0.1, 0.15) is 29.5 Å². The van der Waals surface area contributed by atoms with E-state index in [-0.39, 0.29) is 18.4 Å². The van der Waals surface area contributed by atoms with Gasteiger partial charge in [-0.2, -0.15) is 18.3 Å². The number of benzene rings is 3. The zero-order chi connectivity index (χ0) is 30.0. The highest BCUT2D eigenvalue weighted by atomic mass is 35.5. The fraction of sp³-hybridized carbons (Fsp3) is 0.231. The predicted molar refractivity (Wildman–Crippen MR) is 151 cm³/mol. The number of guanidine groups is 1. The lowest BCUT2D eigenvalue weighted by atomic mass is 9.91. The largest absolute Gasteiger partial charge is 0.416 e. The molecule has 0 bridgehead atoms. The van der Waals surface area contributed by atoms with E-state index in [1.165, 1.54) is 11.9 Å². The quantitative estimate of drug-likeness (QED) is 0.300. The number of sulfonamides is 2.